The highest BCUT2D eigenvalue weighted by Gasteiger charge is 2.21. The Labute approximate surface area is 149 Å². The molecule has 0 bridgehead atoms. The van der Waals surface area contributed by atoms with Gasteiger partial charge in [-0.15, -0.1) is 0 Å². The lowest BCUT2D eigenvalue weighted by Gasteiger charge is -2.15. The first-order chi connectivity index (χ1) is 11.8. The van der Waals surface area contributed by atoms with Gasteiger partial charge in [-0.1, -0.05) is 23.7 Å². The van der Waals surface area contributed by atoms with Gasteiger partial charge >= 0.3 is 5.97 Å². The van der Waals surface area contributed by atoms with Crippen molar-refractivity contribution in [3.63, 3.8) is 0 Å². The zero-order valence-corrected chi connectivity index (χ0v) is 14.2. The number of nitrogens with one attached hydrogen (secondary N) is 2. The molecular weight excluding hydrogens is 344 g/mol. The van der Waals surface area contributed by atoms with E-state index in [9.17, 15) is 19.5 Å². The van der Waals surface area contributed by atoms with E-state index in [1.807, 2.05) is 0 Å². The first kappa shape index (κ1) is 18.5. The molecule has 0 saturated heterocycles. The van der Waals surface area contributed by atoms with E-state index in [0.717, 1.165) is 0 Å². The number of hydrogen-bond donors (Lipinski definition) is 3. The summed E-state index contributed by atoms with van der Waals surface area (Å²) in [5, 5.41) is 14.9. The molecule has 0 heterocycles. The summed E-state index contributed by atoms with van der Waals surface area (Å²) in [5.41, 5.74) is 1.56. The lowest BCUT2D eigenvalue weighted by molar-refractivity contribution is -0.139. The van der Waals surface area contributed by atoms with Crippen molar-refractivity contribution in [2.24, 2.45) is 0 Å². The van der Waals surface area contributed by atoms with Gasteiger partial charge in [-0.3, -0.25) is 9.59 Å². The molecule has 2 amide bonds. The van der Waals surface area contributed by atoms with Crippen molar-refractivity contribution in [2.75, 3.05) is 5.32 Å². The number of rotatable bonds is 6. The van der Waals surface area contributed by atoms with Crippen molar-refractivity contribution in [1.29, 1.82) is 0 Å². The Kier molecular flexibility index (Phi) is 6.14. The zero-order chi connectivity index (χ0) is 18.4. The van der Waals surface area contributed by atoms with Crippen molar-refractivity contribution < 1.29 is 19.5 Å². The Bertz CT molecular complexity index is 790. The van der Waals surface area contributed by atoms with Crippen molar-refractivity contribution in [3.8, 4) is 0 Å². The summed E-state index contributed by atoms with van der Waals surface area (Å²) in [7, 11) is 0. The molecule has 0 aliphatic heterocycles. The number of halogens is 1. The topological polar surface area (TPSA) is 95.5 Å². The third kappa shape index (κ3) is 5.61. The lowest BCUT2D eigenvalue weighted by atomic mass is 10.1. The summed E-state index contributed by atoms with van der Waals surface area (Å²) >= 11 is 5.90. The molecule has 0 fully saturated rings. The van der Waals surface area contributed by atoms with Gasteiger partial charge in [0.1, 0.15) is 6.04 Å². The normalized spacial score (nSPS) is 11.4. The fourth-order valence-electron chi connectivity index (χ4n) is 2.25. The molecule has 0 aromatic heterocycles. The largest absolute Gasteiger partial charge is 0.480 e. The summed E-state index contributed by atoms with van der Waals surface area (Å²) in [5.74, 6) is -1.86. The van der Waals surface area contributed by atoms with Gasteiger partial charge in [-0.25, -0.2) is 4.79 Å². The van der Waals surface area contributed by atoms with Crippen LogP contribution in [0.25, 0.3) is 0 Å². The van der Waals surface area contributed by atoms with Gasteiger partial charge in [0.15, 0.2) is 0 Å². The number of hydrogen-bond acceptors (Lipinski definition) is 3. The van der Waals surface area contributed by atoms with Crippen molar-refractivity contribution >= 4 is 35.1 Å². The third-order valence-corrected chi connectivity index (χ3v) is 3.63. The van der Waals surface area contributed by atoms with Gasteiger partial charge in [0.2, 0.25) is 5.91 Å². The van der Waals surface area contributed by atoms with E-state index in [1.165, 1.54) is 19.1 Å². The van der Waals surface area contributed by atoms with E-state index in [0.29, 0.717) is 21.8 Å². The SMILES string of the molecule is CC(=O)Nc1ccc(C(=O)N[C@H](Cc2cccc(Cl)c2)C(=O)O)cc1. The highest BCUT2D eigenvalue weighted by atomic mass is 35.5. The van der Waals surface area contributed by atoms with Crippen molar-refractivity contribution in [3.05, 3.63) is 64.7 Å². The molecule has 2 aromatic carbocycles. The third-order valence-electron chi connectivity index (χ3n) is 3.40. The predicted octanol–water partition coefficient (Wildman–Crippen LogP) is 2.72. The maximum absolute atomic E-state index is 12.3. The van der Waals surface area contributed by atoms with Gasteiger partial charge in [0.25, 0.3) is 5.91 Å². The van der Waals surface area contributed by atoms with E-state index in [-0.39, 0.29) is 12.3 Å². The van der Waals surface area contributed by atoms with Crippen LogP contribution < -0.4 is 10.6 Å². The van der Waals surface area contributed by atoms with Crippen LogP contribution in [0.3, 0.4) is 0 Å². The standard InChI is InChI=1S/C18H17ClN2O4/c1-11(22)20-15-7-5-13(6-8-15)17(23)21-16(18(24)25)10-12-3-2-4-14(19)9-12/h2-9,16H,10H2,1H3,(H,20,22)(H,21,23)(H,24,25)/t16-/m1/s1. The fraction of sp³-hybridized carbons (Fsp3) is 0.167. The second kappa shape index (κ2) is 8.30. The van der Waals surface area contributed by atoms with E-state index in [1.54, 1.807) is 36.4 Å². The van der Waals surface area contributed by atoms with Crippen LogP contribution in [0.15, 0.2) is 48.5 Å². The van der Waals surface area contributed by atoms with Crippen LogP contribution in [0.5, 0.6) is 0 Å². The predicted molar refractivity (Wildman–Crippen MR) is 94.8 cm³/mol. The zero-order valence-electron chi connectivity index (χ0n) is 13.5. The molecule has 2 aromatic rings. The molecule has 0 aliphatic carbocycles. The molecule has 25 heavy (non-hydrogen) atoms. The highest BCUT2D eigenvalue weighted by molar-refractivity contribution is 6.30. The van der Waals surface area contributed by atoms with Crippen LogP contribution in [-0.2, 0) is 16.0 Å². The summed E-state index contributed by atoms with van der Waals surface area (Å²) in [4.78, 5) is 34.7. The van der Waals surface area contributed by atoms with Gasteiger partial charge in [-0.2, -0.15) is 0 Å². The molecule has 2 rings (SSSR count). The number of aliphatic carboxylic acids is 1. The van der Waals surface area contributed by atoms with E-state index < -0.39 is 17.9 Å². The number of carbonyl (C=O) groups excluding carboxylic acids is 2. The minimum atomic E-state index is -1.14. The first-order valence-corrected chi connectivity index (χ1v) is 7.88. The number of carbonyl (C=O) groups is 3. The van der Waals surface area contributed by atoms with Crippen LogP contribution in [0.2, 0.25) is 5.02 Å². The van der Waals surface area contributed by atoms with Crippen LogP contribution >= 0.6 is 11.6 Å². The summed E-state index contributed by atoms with van der Waals surface area (Å²) < 4.78 is 0. The Hall–Kier alpha value is -2.86. The summed E-state index contributed by atoms with van der Waals surface area (Å²) in [6.45, 7) is 1.38. The number of carboxylic acid groups (broad SMARTS) is 1. The molecule has 0 unspecified atom stereocenters. The fourth-order valence-corrected chi connectivity index (χ4v) is 2.46. The second-order valence-electron chi connectivity index (χ2n) is 5.46. The molecule has 0 spiro atoms. The van der Waals surface area contributed by atoms with Crippen LogP contribution in [0.1, 0.15) is 22.8 Å². The monoisotopic (exact) mass is 360 g/mol. The molecule has 0 radical (unpaired) electrons. The molecular formula is C18H17ClN2O4. The van der Waals surface area contributed by atoms with Gasteiger partial charge in [0, 0.05) is 29.6 Å². The maximum atomic E-state index is 12.3. The molecule has 6 nitrogen and oxygen atoms in total. The molecule has 7 heteroatoms. The number of amides is 2. The van der Waals surface area contributed by atoms with Gasteiger partial charge in [-0.05, 0) is 42.0 Å². The smallest absolute Gasteiger partial charge is 0.326 e. The van der Waals surface area contributed by atoms with Crippen molar-refractivity contribution in [2.45, 2.75) is 19.4 Å². The Morgan fingerprint density at radius 1 is 1.12 bits per heavy atom. The number of benzene rings is 2. The van der Waals surface area contributed by atoms with Crippen LogP contribution in [0, 0.1) is 0 Å². The first-order valence-electron chi connectivity index (χ1n) is 7.51. The summed E-state index contributed by atoms with van der Waals surface area (Å²) in [6.07, 6.45) is 0.117. The van der Waals surface area contributed by atoms with Crippen LogP contribution in [-0.4, -0.2) is 28.9 Å². The Morgan fingerprint density at radius 2 is 1.80 bits per heavy atom. The maximum Gasteiger partial charge on any atom is 0.326 e. The quantitative estimate of drug-likeness (QED) is 0.738. The van der Waals surface area contributed by atoms with E-state index in [4.69, 9.17) is 11.6 Å². The summed E-state index contributed by atoms with van der Waals surface area (Å²) in [6, 6.07) is 11.9. The van der Waals surface area contributed by atoms with E-state index in [2.05, 4.69) is 10.6 Å². The number of anilines is 1. The lowest BCUT2D eigenvalue weighted by Crippen LogP contribution is -2.42. The van der Waals surface area contributed by atoms with Crippen LogP contribution in [0.4, 0.5) is 5.69 Å². The highest BCUT2D eigenvalue weighted by Crippen LogP contribution is 2.13. The average molecular weight is 361 g/mol. The average Bonchev–Trinajstić information content (AvgIpc) is 2.54. The molecule has 0 saturated carbocycles. The molecule has 1 atom stereocenters. The van der Waals surface area contributed by atoms with Gasteiger partial charge in [0.05, 0.1) is 0 Å². The second-order valence-corrected chi connectivity index (χ2v) is 5.89. The number of carboxylic acids is 1. The Balaban J connectivity index is 2.07. The van der Waals surface area contributed by atoms with Gasteiger partial charge < -0.3 is 15.7 Å². The molecule has 3 N–H and O–H groups in total. The minimum absolute atomic E-state index is 0.117. The molecule has 0 aliphatic rings. The van der Waals surface area contributed by atoms with Crippen molar-refractivity contribution in [1.82, 2.24) is 5.32 Å². The molecule has 130 valence electrons. The minimum Gasteiger partial charge on any atom is -0.480 e. The van der Waals surface area contributed by atoms with E-state index >= 15 is 0 Å². The Morgan fingerprint density at radius 3 is 2.36 bits per heavy atom.